The molecule has 0 saturated heterocycles. The average Bonchev–Trinajstić information content (AvgIpc) is 2.68. The summed E-state index contributed by atoms with van der Waals surface area (Å²) < 4.78 is 10.9. The fraction of sp³-hybridized carbons (Fsp3) is 0.286. The first kappa shape index (κ1) is 19.4. The van der Waals surface area contributed by atoms with Crippen molar-refractivity contribution in [1.82, 2.24) is 10.6 Å². The van der Waals surface area contributed by atoms with E-state index in [0.717, 1.165) is 11.1 Å². The molecule has 0 unspecified atom stereocenters. The summed E-state index contributed by atoms with van der Waals surface area (Å²) in [5.41, 5.74) is 2.28. The number of nitrogens with zero attached hydrogens (tertiary/aromatic N) is 1. The third-order valence-corrected chi connectivity index (χ3v) is 4.31. The highest BCUT2D eigenvalue weighted by Crippen LogP contribution is 2.33. The summed E-state index contributed by atoms with van der Waals surface area (Å²) in [4.78, 5) is 29.1. The van der Waals surface area contributed by atoms with Gasteiger partial charge >= 0.3 is 0 Å². The van der Waals surface area contributed by atoms with Crippen molar-refractivity contribution in [2.75, 3.05) is 13.7 Å². The first-order chi connectivity index (χ1) is 13.5. The molecule has 146 valence electrons. The van der Waals surface area contributed by atoms with Crippen molar-refractivity contribution in [2.45, 2.75) is 26.3 Å². The number of amides is 2. The average molecular weight is 381 g/mol. The zero-order valence-electron chi connectivity index (χ0n) is 16.1. The van der Waals surface area contributed by atoms with Crippen LogP contribution in [0.25, 0.3) is 0 Å². The maximum absolute atomic E-state index is 12.5. The Bertz CT molecular complexity index is 924. The number of hydrogen-bond acceptors (Lipinski definition) is 5. The number of rotatable bonds is 5. The third-order valence-electron chi connectivity index (χ3n) is 4.31. The second-order valence-corrected chi connectivity index (χ2v) is 6.41. The zero-order chi connectivity index (χ0) is 20.1. The molecule has 28 heavy (non-hydrogen) atoms. The van der Waals surface area contributed by atoms with Crippen molar-refractivity contribution in [1.29, 1.82) is 0 Å². The van der Waals surface area contributed by atoms with E-state index >= 15 is 0 Å². The Morgan fingerprint density at radius 3 is 2.79 bits per heavy atom. The quantitative estimate of drug-likeness (QED) is 0.833. The Balaban J connectivity index is 1.82. The summed E-state index contributed by atoms with van der Waals surface area (Å²) in [7, 11) is 1.56. The van der Waals surface area contributed by atoms with Crippen LogP contribution in [0.15, 0.2) is 47.5 Å². The monoisotopic (exact) mass is 381 g/mol. The summed E-state index contributed by atoms with van der Waals surface area (Å²) in [6.45, 7) is 4.33. The molecule has 0 bridgehead atoms. The van der Waals surface area contributed by atoms with E-state index < -0.39 is 6.04 Å². The topological polar surface area (TPSA) is 89.0 Å². The summed E-state index contributed by atoms with van der Waals surface area (Å²) in [6.07, 6.45) is 0.181. The molecule has 2 aromatic carbocycles. The number of aryl methyl sites for hydroxylation is 1. The van der Waals surface area contributed by atoms with Crippen molar-refractivity contribution >= 4 is 17.8 Å². The van der Waals surface area contributed by atoms with Crippen LogP contribution in [0.3, 0.4) is 0 Å². The number of hydrogen-bond donors (Lipinski definition) is 2. The van der Waals surface area contributed by atoms with Crippen molar-refractivity contribution < 1.29 is 19.1 Å². The molecule has 0 saturated carbocycles. The van der Waals surface area contributed by atoms with E-state index in [0.29, 0.717) is 23.7 Å². The number of aliphatic imine (C=N–C) groups is 1. The van der Waals surface area contributed by atoms with Gasteiger partial charge in [0, 0.05) is 5.56 Å². The van der Waals surface area contributed by atoms with Crippen LogP contribution in [0.5, 0.6) is 11.5 Å². The Hall–Kier alpha value is -3.35. The van der Waals surface area contributed by atoms with Gasteiger partial charge in [0.15, 0.2) is 11.5 Å². The van der Waals surface area contributed by atoms with Gasteiger partial charge in [0.2, 0.25) is 11.9 Å². The van der Waals surface area contributed by atoms with Gasteiger partial charge in [-0.05, 0) is 43.7 Å². The molecule has 1 aliphatic heterocycles. The third kappa shape index (κ3) is 4.49. The van der Waals surface area contributed by atoms with Gasteiger partial charge in [-0.3, -0.25) is 20.2 Å². The van der Waals surface area contributed by atoms with Crippen LogP contribution in [-0.4, -0.2) is 31.5 Å². The lowest BCUT2D eigenvalue weighted by Crippen LogP contribution is -2.47. The van der Waals surface area contributed by atoms with Gasteiger partial charge in [-0.2, -0.15) is 0 Å². The largest absolute Gasteiger partial charge is 0.493 e. The highest BCUT2D eigenvalue weighted by Gasteiger charge is 2.24. The van der Waals surface area contributed by atoms with E-state index in [9.17, 15) is 9.59 Å². The van der Waals surface area contributed by atoms with Crippen LogP contribution < -0.4 is 20.1 Å². The van der Waals surface area contributed by atoms with Crippen molar-refractivity contribution in [3.63, 3.8) is 0 Å². The van der Waals surface area contributed by atoms with Gasteiger partial charge in [-0.15, -0.1) is 0 Å². The Labute approximate surface area is 163 Å². The maximum Gasteiger partial charge on any atom is 0.257 e. The molecule has 2 amide bonds. The minimum absolute atomic E-state index is 0.139. The summed E-state index contributed by atoms with van der Waals surface area (Å²) in [5.74, 6) is 0.803. The minimum atomic E-state index is -0.425. The summed E-state index contributed by atoms with van der Waals surface area (Å²) >= 11 is 0. The molecule has 1 atom stereocenters. The van der Waals surface area contributed by atoms with Crippen LogP contribution in [0.4, 0.5) is 0 Å². The molecule has 1 aliphatic rings. The molecule has 0 radical (unpaired) electrons. The fourth-order valence-corrected chi connectivity index (χ4v) is 2.98. The van der Waals surface area contributed by atoms with Crippen LogP contribution in [-0.2, 0) is 4.79 Å². The predicted molar refractivity (Wildman–Crippen MR) is 106 cm³/mol. The number of carbonyl (C=O) groups excluding carboxylic acids is 2. The number of benzene rings is 2. The number of ether oxygens (including phenoxy) is 2. The highest BCUT2D eigenvalue weighted by molar-refractivity contribution is 6.10. The van der Waals surface area contributed by atoms with E-state index in [2.05, 4.69) is 15.6 Å². The SMILES string of the molecule is CCOc1ccc([C@@H]2CC(=O)NC(NC(=O)c3cccc(C)c3)=N2)cc1OC. The van der Waals surface area contributed by atoms with Gasteiger partial charge < -0.3 is 9.47 Å². The van der Waals surface area contributed by atoms with E-state index in [1.807, 2.05) is 26.0 Å². The second kappa shape index (κ2) is 8.56. The fourth-order valence-electron chi connectivity index (χ4n) is 2.98. The molecule has 0 spiro atoms. The number of nitrogens with one attached hydrogen (secondary N) is 2. The minimum Gasteiger partial charge on any atom is -0.493 e. The molecule has 7 heteroatoms. The van der Waals surface area contributed by atoms with Crippen LogP contribution in [0, 0.1) is 6.92 Å². The predicted octanol–water partition coefficient (Wildman–Crippen LogP) is 2.75. The van der Waals surface area contributed by atoms with E-state index in [-0.39, 0.29) is 24.2 Å². The smallest absolute Gasteiger partial charge is 0.257 e. The molecule has 0 aromatic heterocycles. The highest BCUT2D eigenvalue weighted by atomic mass is 16.5. The molecule has 3 rings (SSSR count). The number of methoxy groups -OCH3 is 1. The zero-order valence-corrected chi connectivity index (χ0v) is 16.1. The molecular weight excluding hydrogens is 358 g/mol. The van der Waals surface area contributed by atoms with E-state index in [4.69, 9.17) is 9.47 Å². The normalized spacial score (nSPS) is 16.0. The molecular formula is C21H23N3O4. The lowest BCUT2D eigenvalue weighted by molar-refractivity contribution is -0.120. The molecule has 2 N–H and O–H groups in total. The van der Waals surface area contributed by atoms with Crippen molar-refractivity contribution in [3.8, 4) is 11.5 Å². The summed E-state index contributed by atoms with van der Waals surface area (Å²) in [6, 6.07) is 12.2. The molecule has 2 aromatic rings. The van der Waals surface area contributed by atoms with Crippen molar-refractivity contribution in [2.24, 2.45) is 4.99 Å². The summed E-state index contributed by atoms with van der Waals surface area (Å²) in [5, 5.41) is 5.29. The number of guanidine groups is 1. The number of carbonyl (C=O) groups is 2. The first-order valence-electron chi connectivity index (χ1n) is 9.06. The first-order valence-corrected chi connectivity index (χ1v) is 9.06. The van der Waals surface area contributed by atoms with Crippen LogP contribution >= 0.6 is 0 Å². The molecule has 0 fully saturated rings. The van der Waals surface area contributed by atoms with Gasteiger partial charge in [0.25, 0.3) is 5.91 Å². The Morgan fingerprint density at radius 1 is 1.25 bits per heavy atom. The maximum atomic E-state index is 12.5. The Morgan fingerprint density at radius 2 is 2.07 bits per heavy atom. The molecule has 0 aliphatic carbocycles. The van der Waals surface area contributed by atoms with Crippen LogP contribution in [0.1, 0.15) is 40.9 Å². The standard InChI is InChI=1S/C21H23N3O4/c1-4-28-17-9-8-14(11-18(17)27-3)16-12-19(25)23-21(22-16)24-20(26)15-7-5-6-13(2)10-15/h5-11,16H,4,12H2,1-3H3,(H2,22,23,24,25,26)/t16-/m0/s1. The second-order valence-electron chi connectivity index (χ2n) is 6.41. The van der Waals surface area contributed by atoms with Gasteiger partial charge in [-0.25, -0.2) is 4.99 Å². The van der Waals surface area contributed by atoms with E-state index in [1.165, 1.54) is 0 Å². The van der Waals surface area contributed by atoms with E-state index in [1.54, 1.807) is 37.4 Å². The molecule has 7 nitrogen and oxygen atoms in total. The van der Waals surface area contributed by atoms with Gasteiger partial charge in [0.1, 0.15) is 0 Å². The van der Waals surface area contributed by atoms with Gasteiger partial charge in [0.05, 0.1) is 26.2 Å². The molecule has 1 heterocycles. The Kier molecular flexibility index (Phi) is 5.93. The van der Waals surface area contributed by atoms with Crippen molar-refractivity contribution in [3.05, 3.63) is 59.2 Å². The lowest BCUT2D eigenvalue weighted by atomic mass is 10.0. The van der Waals surface area contributed by atoms with Gasteiger partial charge in [-0.1, -0.05) is 23.8 Å². The lowest BCUT2D eigenvalue weighted by Gasteiger charge is -2.22. The van der Waals surface area contributed by atoms with Crippen LogP contribution in [0.2, 0.25) is 0 Å².